The summed E-state index contributed by atoms with van der Waals surface area (Å²) < 4.78 is 32.8. The minimum Gasteiger partial charge on any atom is -0.380 e. The smallest absolute Gasteiger partial charge is 0.241 e. The second-order valence-electron chi connectivity index (χ2n) is 4.96. The Morgan fingerprint density at radius 3 is 2.95 bits per heavy atom. The van der Waals surface area contributed by atoms with E-state index in [9.17, 15) is 8.42 Å². The van der Waals surface area contributed by atoms with Gasteiger partial charge >= 0.3 is 0 Å². The van der Waals surface area contributed by atoms with Gasteiger partial charge in [0.05, 0.1) is 11.0 Å². The number of hydrogen-bond donors (Lipinski definition) is 2. The summed E-state index contributed by atoms with van der Waals surface area (Å²) in [6.45, 7) is 3.61. The first-order chi connectivity index (χ1) is 9.56. The van der Waals surface area contributed by atoms with E-state index >= 15 is 0 Å². The SMILES string of the molecule is CCNCc1cc(S(=O)(=O)NC2CCCC2OC)cs1. The van der Waals surface area contributed by atoms with Crippen LogP contribution in [0.15, 0.2) is 16.3 Å². The van der Waals surface area contributed by atoms with Crippen molar-refractivity contribution in [3.63, 3.8) is 0 Å². The molecule has 0 aliphatic heterocycles. The third-order valence-corrected chi connectivity index (χ3v) is 6.11. The number of sulfonamides is 1. The van der Waals surface area contributed by atoms with Crippen LogP contribution in [0.3, 0.4) is 0 Å². The molecule has 0 radical (unpaired) electrons. The van der Waals surface area contributed by atoms with Gasteiger partial charge < -0.3 is 10.1 Å². The Kier molecular flexibility index (Phi) is 5.57. The van der Waals surface area contributed by atoms with Crippen LogP contribution in [-0.2, 0) is 21.3 Å². The lowest BCUT2D eigenvalue weighted by atomic mass is 10.2. The molecule has 1 aliphatic rings. The molecule has 2 rings (SSSR count). The summed E-state index contributed by atoms with van der Waals surface area (Å²) in [6.07, 6.45) is 2.75. The number of rotatable bonds is 7. The van der Waals surface area contributed by atoms with Crippen molar-refractivity contribution in [3.05, 3.63) is 16.3 Å². The van der Waals surface area contributed by atoms with Gasteiger partial charge in [0.2, 0.25) is 10.0 Å². The number of methoxy groups -OCH3 is 1. The lowest BCUT2D eigenvalue weighted by molar-refractivity contribution is 0.0916. The van der Waals surface area contributed by atoms with Crippen molar-refractivity contribution < 1.29 is 13.2 Å². The van der Waals surface area contributed by atoms with Crippen LogP contribution >= 0.6 is 11.3 Å². The quantitative estimate of drug-likeness (QED) is 0.803. The van der Waals surface area contributed by atoms with Gasteiger partial charge in [-0.2, -0.15) is 0 Å². The molecule has 1 saturated carbocycles. The predicted octanol–water partition coefficient (Wildman–Crippen LogP) is 1.70. The summed E-state index contributed by atoms with van der Waals surface area (Å²) >= 11 is 1.47. The zero-order valence-corrected chi connectivity index (χ0v) is 13.5. The molecule has 2 atom stereocenters. The average molecular weight is 318 g/mol. The monoisotopic (exact) mass is 318 g/mol. The number of ether oxygens (including phenoxy) is 1. The maximum atomic E-state index is 12.4. The predicted molar refractivity (Wildman–Crippen MR) is 80.5 cm³/mol. The van der Waals surface area contributed by atoms with Gasteiger partial charge in [-0.05, 0) is 31.9 Å². The molecule has 0 amide bonds. The van der Waals surface area contributed by atoms with Crippen molar-refractivity contribution in [2.75, 3.05) is 13.7 Å². The van der Waals surface area contributed by atoms with Crippen LogP contribution in [0.2, 0.25) is 0 Å². The lowest BCUT2D eigenvalue weighted by Gasteiger charge is -2.19. The van der Waals surface area contributed by atoms with E-state index in [1.165, 1.54) is 11.3 Å². The molecule has 20 heavy (non-hydrogen) atoms. The van der Waals surface area contributed by atoms with Crippen molar-refractivity contribution in [3.8, 4) is 0 Å². The lowest BCUT2D eigenvalue weighted by Crippen LogP contribution is -2.40. The second kappa shape index (κ2) is 7.00. The van der Waals surface area contributed by atoms with E-state index in [1.807, 2.05) is 6.92 Å². The first-order valence-corrected chi connectivity index (χ1v) is 9.26. The molecule has 1 aliphatic carbocycles. The summed E-state index contributed by atoms with van der Waals surface area (Å²) in [5, 5.41) is 4.89. The Bertz CT molecular complexity index is 527. The normalized spacial score (nSPS) is 23.3. The molecule has 2 N–H and O–H groups in total. The standard InChI is InChI=1S/C13H22N2O3S2/c1-3-14-8-10-7-11(9-19-10)20(16,17)15-12-5-4-6-13(12)18-2/h7,9,12-15H,3-6,8H2,1-2H3. The highest BCUT2D eigenvalue weighted by Gasteiger charge is 2.31. The topological polar surface area (TPSA) is 67.4 Å². The van der Waals surface area contributed by atoms with Gasteiger partial charge in [-0.15, -0.1) is 11.3 Å². The largest absolute Gasteiger partial charge is 0.380 e. The molecular weight excluding hydrogens is 296 g/mol. The fraction of sp³-hybridized carbons (Fsp3) is 0.692. The van der Waals surface area contributed by atoms with Crippen molar-refractivity contribution in [1.29, 1.82) is 0 Å². The molecule has 1 fully saturated rings. The summed E-state index contributed by atoms with van der Waals surface area (Å²) in [5.74, 6) is 0. The van der Waals surface area contributed by atoms with Gasteiger partial charge in [0, 0.05) is 30.0 Å². The second-order valence-corrected chi connectivity index (χ2v) is 7.67. The number of nitrogens with one attached hydrogen (secondary N) is 2. The average Bonchev–Trinajstić information content (AvgIpc) is 3.04. The van der Waals surface area contributed by atoms with E-state index in [4.69, 9.17) is 4.74 Å². The van der Waals surface area contributed by atoms with E-state index in [0.717, 1.165) is 30.7 Å². The molecule has 1 heterocycles. The first kappa shape index (κ1) is 15.9. The van der Waals surface area contributed by atoms with Crippen LogP contribution in [0.25, 0.3) is 0 Å². The molecule has 0 aromatic carbocycles. The molecule has 7 heteroatoms. The van der Waals surface area contributed by atoms with E-state index in [0.29, 0.717) is 11.4 Å². The van der Waals surface area contributed by atoms with Crippen molar-refractivity contribution >= 4 is 21.4 Å². The van der Waals surface area contributed by atoms with Gasteiger partial charge in [0.15, 0.2) is 0 Å². The fourth-order valence-corrected chi connectivity index (χ4v) is 5.00. The van der Waals surface area contributed by atoms with E-state index in [-0.39, 0.29) is 12.1 Å². The number of thiophene rings is 1. The minimum atomic E-state index is -3.44. The maximum absolute atomic E-state index is 12.4. The van der Waals surface area contributed by atoms with Crippen LogP contribution in [0.5, 0.6) is 0 Å². The minimum absolute atomic E-state index is 0.00959. The number of hydrogen-bond acceptors (Lipinski definition) is 5. The summed E-state index contributed by atoms with van der Waals surface area (Å²) in [5.41, 5.74) is 0. The van der Waals surface area contributed by atoms with Crippen molar-refractivity contribution in [2.24, 2.45) is 0 Å². The Hall–Kier alpha value is -0.470. The molecule has 1 aromatic rings. The first-order valence-electron chi connectivity index (χ1n) is 6.90. The van der Waals surface area contributed by atoms with Gasteiger partial charge in [0.25, 0.3) is 0 Å². The van der Waals surface area contributed by atoms with E-state index < -0.39 is 10.0 Å². The summed E-state index contributed by atoms with van der Waals surface area (Å²) in [6, 6.07) is 1.63. The van der Waals surface area contributed by atoms with Crippen LogP contribution in [0, 0.1) is 0 Å². The van der Waals surface area contributed by atoms with E-state index in [1.54, 1.807) is 18.6 Å². The summed E-state index contributed by atoms with van der Waals surface area (Å²) in [7, 11) is -1.80. The third-order valence-electron chi connectivity index (χ3n) is 3.55. The van der Waals surface area contributed by atoms with Crippen LogP contribution in [-0.4, -0.2) is 34.2 Å². The van der Waals surface area contributed by atoms with Crippen LogP contribution in [0.1, 0.15) is 31.1 Å². The van der Waals surface area contributed by atoms with E-state index in [2.05, 4.69) is 10.0 Å². The molecule has 0 spiro atoms. The zero-order valence-electron chi connectivity index (χ0n) is 11.9. The van der Waals surface area contributed by atoms with Gasteiger partial charge in [-0.3, -0.25) is 0 Å². The molecule has 5 nitrogen and oxygen atoms in total. The van der Waals surface area contributed by atoms with Crippen LogP contribution in [0.4, 0.5) is 0 Å². The Labute approximate surface area is 124 Å². The Morgan fingerprint density at radius 2 is 2.25 bits per heavy atom. The molecule has 1 aromatic heterocycles. The Morgan fingerprint density at radius 1 is 1.45 bits per heavy atom. The maximum Gasteiger partial charge on any atom is 0.241 e. The Balaban J connectivity index is 2.04. The molecule has 2 unspecified atom stereocenters. The third kappa shape index (κ3) is 3.79. The van der Waals surface area contributed by atoms with Gasteiger partial charge in [-0.25, -0.2) is 13.1 Å². The van der Waals surface area contributed by atoms with Crippen molar-refractivity contribution in [1.82, 2.24) is 10.0 Å². The highest BCUT2D eigenvalue weighted by molar-refractivity contribution is 7.89. The van der Waals surface area contributed by atoms with Gasteiger partial charge in [-0.1, -0.05) is 6.92 Å². The zero-order chi connectivity index (χ0) is 14.6. The molecule has 0 bridgehead atoms. The van der Waals surface area contributed by atoms with Crippen LogP contribution < -0.4 is 10.0 Å². The fourth-order valence-electron chi connectivity index (χ4n) is 2.45. The summed E-state index contributed by atoms with van der Waals surface area (Å²) in [4.78, 5) is 1.39. The highest BCUT2D eigenvalue weighted by Crippen LogP contribution is 2.25. The molecule has 0 saturated heterocycles. The highest BCUT2D eigenvalue weighted by atomic mass is 32.2. The molecule has 114 valence electrons. The van der Waals surface area contributed by atoms with Gasteiger partial charge in [0.1, 0.15) is 0 Å². The van der Waals surface area contributed by atoms with Crippen molar-refractivity contribution in [2.45, 2.75) is 49.8 Å². The molecular formula is C13H22N2O3S2.